The van der Waals surface area contributed by atoms with Gasteiger partial charge in [0.25, 0.3) is 5.91 Å². The molecule has 1 amide bonds. The van der Waals surface area contributed by atoms with Crippen molar-refractivity contribution in [2.45, 2.75) is 26.3 Å². The average Bonchev–Trinajstić information content (AvgIpc) is 3.17. The Morgan fingerprint density at radius 3 is 2.74 bits per heavy atom. The fraction of sp³-hybridized carbons (Fsp3) is 0.231. The Morgan fingerprint density at radius 1 is 1.10 bits per heavy atom. The summed E-state index contributed by atoms with van der Waals surface area (Å²) in [6, 6.07) is 21.7. The van der Waals surface area contributed by atoms with Crippen molar-refractivity contribution < 1.29 is 9.53 Å². The van der Waals surface area contributed by atoms with E-state index in [0.29, 0.717) is 18.8 Å². The summed E-state index contributed by atoms with van der Waals surface area (Å²) in [4.78, 5) is 23.7. The quantitative estimate of drug-likeness (QED) is 0.511. The maximum Gasteiger partial charge on any atom is 0.273 e. The zero-order valence-electron chi connectivity index (χ0n) is 17.8. The predicted octanol–water partition coefficient (Wildman–Crippen LogP) is 5.06. The van der Waals surface area contributed by atoms with Crippen molar-refractivity contribution in [2.75, 3.05) is 13.2 Å². The van der Waals surface area contributed by atoms with E-state index < -0.39 is 0 Å². The van der Waals surface area contributed by atoms with Gasteiger partial charge >= 0.3 is 0 Å². The lowest BCUT2D eigenvalue weighted by Crippen LogP contribution is -2.41. The summed E-state index contributed by atoms with van der Waals surface area (Å²) in [5, 5.41) is 1.22. The lowest BCUT2D eigenvalue weighted by Gasteiger charge is -2.36. The van der Waals surface area contributed by atoms with Crippen LogP contribution in [-0.4, -0.2) is 33.9 Å². The van der Waals surface area contributed by atoms with E-state index in [0.717, 1.165) is 34.6 Å². The summed E-state index contributed by atoms with van der Waals surface area (Å²) < 4.78 is 5.96. The van der Waals surface area contributed by atoms with Crippen molar-refractivity contribution in [3.8, 4) is 5.75 Å². The number of aryl methyl sites for hydroxylation is 1. The highest BCUT2D eigenvalue weighted by Gasteiger charge is 2.36. The van der Waals surface area contributed by atoms with Crippen LogP contribution in [0.1, 0.15) is 46.0 Å². The zero-order valence-corrected chi connectivity index (χ0v) is 17.8. The number of benzene rings is 2. The van der Waals surface area contributed by atoms with Crippen molar-refractivity contribution in [1.29, 1.82) is 0 Å². The number of pyridine rings is 1. The van der Waals surface area contributed by atoms with Crippen LogP contribution in [0, 0.1) is 6.92 Å². The van der Waals surface area contributed by atoms with E-state index in [4.69, 9.17) is 4.74 Å². The summed E-state index contributed by atoms with van der Waals surface area (Å²) in [7, 11) is 0. The van der Waals surface area contributed by atoms with Gasteiger partial charge in [-0.1, -0.05) is 42.5 Å². The Labute approximate surface area is 181 Å². The molecule has 156 valence electrons. The minimum Gasteiger partial charge on any atom is -0.494 e. The molecule has 1 atom stereocenters. The summed E-state index contributed by atoms with van der Waals surface area (Å²) in [5.74, 6) is 0.737. The van der Waals surface area contributed by atoms with Crippen molar-refractivity contribution in [2.24, 2.45) is 0 Å². The summed E-state index contributed by atoms with van der Waals surface area (Å²) in [5.41, 5.74) is 5.71. The smallest absolute Gasteiger partial charge is 0.273 e. The molecule has 1 N–H and O–H groups in total. The van der Waals surface area contributed by atoms with Crippen LogP contribution < -0.4 is 4.74 Å². The zero-order chi connectivity index (χ0) is 21.4. The molecule has 0 saturated heterocycles. The van der Waals surface area contributed by atoms with Crippen LogP contribution in [0.4, 0.5) is 0 Å². The Hall–Kier alpha value is -3.60. The Morgan fingerprint density at radius 2 is 1.90 bits per heavy atom. The number of para-hydroxylation sites is 2. The molecule has 0 radical (unpaired) electrons. The number of ether oxygens (including phenoxy) is 1. The number of aromatic amines is 1. The molecule has 1 aliphatic rings. The van der Waals surface area contributed by atoms with Crippen molar-refractivity contribution in [1.82, 2.24) is 14.9 Å². The number of rotatable bonds is 4. The summed E-state index contributed by atoms with van der Waals surface area (Å²) >= 11 is 0. The molecule has 1 aliphatic heterocycles. The largest absolute Gasteiger partial charge is 0.494 e. The van der Waals surface area contributed by atoms with Gasteiger partial charge in [-0.05, 0) is 50.1 Å². The van der Waals surface area contributed by atoms with E-state index in [1.165, 1.54) is 10.9 Å². The van der Waals surface area contributed by atoms with Gasteiger partial charge in [-0.3, -0.25) is 4.79 Å². The first kappa shape index (κ1) is 19.4. The van der Waals surface area contributed by atoms with Crippen molar-refractivity contribution in [3.63, 3.8) is 0 Å². The SMILES string of the molecule is CCOc1ccccc1[C@@H]1c2[nH]c3ccccc3c2CCN1C(=O)c1cccc(C)n1. The number of carbonyl (C=O) groups excluding carboxylic acids is 1. The van der Waals surface area contributed by atoms with Crippen LogP contribution in [0.5, 0.6) is 5.75 Å². The standard InChI is InChI=1S/C26H25N3O2/c1-3-31-23-14-7-5-11-20(23)25-24-19(18-10-4-6-12-21(18)28-24)15-16-29(25)26(30)22-13-8-9-17(2)27-22/h4-14,25,28H,3,15-16H2,1-2H3/t25-/m1/s1. The van der Waals surface area contributed by atoms with Crippen LogP contribution >= 0.6 is 0 Å². The normalized spacial score (nSPS) is 15.7. The topological polar surface area (TPSA) is 58.2 Å². The molecule has 31 heavy (non-hydrogen) atoms. The Kier molecular flexibility index (Phi) is 4.94. The van der Waals surface area contributed by atoms with Gasteiger partial charge in [0.1, 0.15) is 17.5 Å². The molecule has 5 nitrogen and oxygen atoms in total. The van der Waals surface area contributed by atoms with E-state index in [2.05, 4.69) is 34.2 Å². The fourth-order valence-corrected chi connectivity index (χ4v) is 4.59. The molecular weight excluding hydrogens is 386 g/mol. The molecule has 4 aromatic rings. The number of hydrogen-bond acceptors (Lipinski definition) is 3. The molecule has 2 aromatic heterocycles. The third-order valence-electron chi connectivity index (χ3n) is 5.92. The van der Waals surface area contributed by atoms with Crippen molar-refractivity contribution >= 4 is 16.8 Å². The number of amides is 1. The summed E-state index contributed by atoms with van der Waals surface area (Å²) in [6.07, 6.45) is 0.796. The second kappa shape index (κ2) is 7.91. The van der Waals surface area contributed by atoms with E-state index in [1.807, 2.05) is 55.1 Å². The molecule has 5 heteroatoms. The molecular formula is C26H25N3O2. The van der Waals surface area contributed by atoms with E-state index in [-0.39, 0.29) is 11.9 Å². The number of carbonyl (C=O) groups is 1. The van der Waals surface area contributed by atoms with E-state index >= 15 is 0 Å². The van der Waals surface area contributed by atoms with Crippen LogP contribution in [0.25, 0.3) is 10.9 Å². The highest BCUT2D eigenvalue weighted by atomic mass is 16.5. The second-order valence-electron chi connectivity index (χ2n) is 7.85. The lowest BCUT2D eigenvalue weighted by atomic mass is 9.91. The average molecular weight is 412 g/mol. The number of nitrogens with zero attached hydrogens (tertiary/aromatic N) is 2. The number of fused-ring (bicyclic) bond motifs is 3. The number of nitrogens with one attached hydrogen (secondary N) is 1. The molecule has 3 heterocycles. The minimum atomic E-state index is -0.270. The Bertz CT molecular complexity index is 1260. The predicted molar refractivity (Wildman–Crippen MR) is 121 cm³/mol. The van der Waals surface area contributed by atoms with Crippen molar-refractivity contribution in [3.05, 3.63) is 94.9 Å². The van der Waals surface area contributed by atoms with E-state index in [9.17, 15) is 4.79 Å². The molecule has 0 unspecified atom stereocenters. The van der Waals surface area contributed by atoms with Crippen LogP contribution in [0.3, 0.4) is 0 Å². The number of aromatic nitrogens is 2. The van der Waals surface area contributed by atoms with Gasteiger partial charge in [0.15, 0.2) is 0 Å². The van der Waals surface area contributed by atoms with Gasteiger partial charge in [0.05, 0.1) is 6.61 Å². The maximum absolute atomic E-state index is 13.6. The van der Waals surface area contributed by atoms with Gasteiger partial charge in [-0.25, -0.2) is 4.98 Å². The monoisotopic (exact) mass is 411 g/mol. The maximum atomic E-state index is 13.6. The van der Waals surface area contributed by atoms with Gasteiger partial charge in [-0.15, -0.1) is 0 Å². The molecule has 0 aliphatic carbocycles. The van der Waals surface area contributed by atoms with E-state index in [1.54, 1.807) is 6.07 Å². The van der Waals surface area contributed by atoms with Crippen LogP contribution in [0.15, 0.2) is 66.7 Å². The third-order valence-corrected chi connectivity index (χ3v) is 5.92. The van der Waals surface area contributed by atoms with Gasteiger partial charge in [-0.2, -0.15) is 0 Å². The van der Waals surface area contributed by atoms with Crippen LogP contribution in [-0.2, 0) is 6.42 Å². The molecule has 0 bridgehead atoms. The molecule has 0 saturated carbocycles. The fourth-order valence-electron chi connectivity index (χ4n) is 4.59. The van der Waals surface area contributed by atoms with Gasteiger partial charge < -0.3 is 14.6 Å². The second-order valence-corrected chi connectivity index (χ2v) is 7.85. The van der Waals surface area contributed by atoms with Gasteiger partial charge in [0.2, 0.25) is 0 Å². The highest BCUT2D eigenvalue weighted by Crippen LogP contribution is 2.41. The third kappa shape index (κ3) is 3.36. The molecule has 5 rings (SSSR count). The van der Waals surface area contributed by atoms with Gasteiger partial charge in [0, 0.05) is 34.4 Å². The highest BCUT2D eigenvalue weighted by molar-refractivity contribution is 5.94. The molecule has 0 fully saturated rings. The number of hydrogen-bond donors (Lipinski definition) is 1. The first-order chi connectivity index (χ1) is 15.2. The minimum absolute atomic E-state index is 0.0655. The lowest BCUT2D eigenvalue weighted by molar-refractivity contribution is 0.0683. The molecule has 0 spiro atoms. The number of H-pyrrole nitrogens is 1. The first-order valence-electron chi connectivity index (χ1n) is 10.7. The molecule has 2 aromatic carbocycles. The van der Waals surface area contributed by atoms with Crippen LogP contribution in [0.2, 0.25) is 0 Å². The Balaban J connectivity index is 1.69. The first-order valence-corrected chi connectivity index (χ1v) is 10.7. The summed E-state index contributed by atoms with van der Waals surface area (Å²) in [6.45, 7) is 5.07.